The lowest BCUT2D eigenvalue weighted by Gasteiger charge is -2.05. The molecule has 2 aromatic heterocycles. The number of rotatable bonds is 8. The lowest BCUT2D eigenvalue weighted by molar-refractivity contribution is 0.0690. The van der Waals surface area contributed by atoms with Gasteiger partial charge in [0.05, 0.1) is 19.7 Å². The number of carbonyl (C=O) groups is 2. The summed E-state index contributed by atoms with van der Waals surface area (Å²) in [5.74, 6) is -0.0476. The summed E-state index contributed by atoms with van der Waals surface area (Å²) in [5.41, 5.74) is 2.06. The number of H-pyrrole nitrogens is 1. The van der Waals surface area contributed by atoms with Crippen LogP contribution in [0.25, 0.3) is 10.9 Å². The standard InChI is InChI=1S/C20H21N3O5/c1-27-14-10-16-15(18(11-14)28-2)9-13(23-16)4-3-6-22-19(24)12-5-7-21-17(8-12)20(25)26/h5,7-11,23H,3-4,6H2,1-2H3,(H,22,24)(H,25,26). The molecule has 0 radical (unpaired) electrons. The van der Waals surface area contributed by atoms with E-state index in [-0.39, 0.29) is 17.2 Å². The van der Waals surface area contributed by atoms with Crippen molar-refractivity contribution in [3.63, 3.8) is 0 Å². The second-order valence-corrected chi connectivity index (χ2v) is 6.18. The highest BCUT2D eigenvalue weighted by atomic mass is 16.5. The summed E-state index contributed by atoms with van der Waals surface area (Å²) >= 11 is 0. The Balaban J connectivity index is 1.58. The minimum Gasteiger partial charge on any atom is -0.497 e. The fourth-order valence-corrected chi connectivity index (χ4v) is 2.93. The van der Waals surface area contributed by atoms with E-state index < -0.39 is 5.97 Å². The smallest absolute Gasteiger partial charge is 0.354 e. The maximum absolute atomic E-state index is 12.2. The van der Waals surface area contributed by atoms with Crippen molar-refractivity contribution in [1.29, 1.82) is 0 Å². The Bertz CT molecular complexity index is 1010. The predicted molar refractivity (Wildman–Crippen MR) is 103 cm³/mol. The van der Waals surface area contributed by atoms with Gasteiger partial charge in [0.1, 0.15) is 17.2 Å². The van der Waals surface area contributed by atoms with Crippen LogP contribution in [-0.4, -0.2) is 47.7 Å². The number of nitrogens with one attached hydrogen (secondary N) is 2. The number of carboxylic acids is 1. The summed E-state index contributed by atoms with van der Waals surface area (Å²) in [4.78, 5) is 30.1. The van der Waals surface area contributed by atoms with Crippen LogP contribution in [0.15, 0.2) is 36.5 Å². The summed E-state index contributed by atoms with van der Waals surface area (Å²) < 4.78 is 10.7. The second kappa shape index (κ2) is 8.43. The van der Waals surface area contributed by atoms with E-state index in [4.69, 9.17) is 14.6 Å². The van der Waals surface area contributed by atoms with Gasteiger partial charge < -0.3 is 24.9 Å². The molecule has 146 valence electrons. The van der Waals surface area contributed by atoms with Crippen molar-refractivity contribution < 1.29 is 24.2 Å². The molecule has 0 aliphatic carbocycles. The highest BCUT2D eigenvalue weighted by Gasteiger charge is 2.11. The summed E-state index contributed by atoms with van der Waals surface area (Å²) in [6.07, 6.45) is 2.76. The molecule has 3 N–H and O–H groups in total. The fraction of sp³-hybridized carbons (Fsp3) is 0.250. The van der Waals surface area contributed by atoms with Gasteiger partial charge in [-0.15, -0.1) is 0 Å². The van der Waals surface area contributed by atoms with Crippen LogP contribution in [0.1, 0.15) is 33.0 Å². The van der Waals surface area contributed by atoms with Gasteiger partial charge >= 0.3 is 5.97 Å². The van der Waals surface area contributed by atoms with Crippen molar-refractivity contribution in [1.82, 2.24) is 15.3 Å². The maximum Gasteiger partial charge on any atom is 0.354 e. The monoisotopic (exact) mass is 383 g/mol. The molecule has 8 nitrogen and oxygen atoms in total. The van der Waals surface area contributed by atoms with Crippen LogP contribution >= 0.6 is 0 Å². The van der Waals surface area contributed by atoms with Gasteiger partial charge in [0.2, 0.25) is 0 Å². The minimum absolute atomic E-state index is 0.157. The average Bonchev–Trinajstić information content (AvgIpc) is 3.13. The third-order valence-corrected chi connectivity index (χ3v) is 4.33. The number of benzene rings is 1. The zero-order valence-electron chi connectivity index (χ0n) is 15.6. The van der Waals surface area contributed by atoms with Crippen LogP contribution in [-0.2, 0) is 6.42 Å². The normalized spacial score (nSPS) is 10.6. The number of pyridine rings is 1. The average molecular weight is 383 g/mol. The van der Waals surface area contributed by atoms with Crippen LogP contribution in [0.5, 0.6) is 11.5 Å². The molecule has 0 unspecified atom stereocenters. The van der Waals surface area contributed by atoms with Gasteiger partial charge in [-0.2, -0.15) is 0 Å². The van der Waals surface area contributed by atoms with Crippen LogP contribution in [0.2, 0.25) is 0 Å². The third kappa shape index (κ3) is 4.22. The number of aromatic nitrogens is 2. The first-order valence-electron chi connectivity index (χ1n) is 8.73. The molecule has 0 atom stereocenters. The molecule has 28 heavy (non-hydrogen) atoms. The van der Waals surface area contributed by atoms with Crippen LogP contribution in [0.4, 0.5) is 0 Å². The SMILES string of the molecule is COc1cc(OC)c2cc(CCCNC(=O)c3ccnc(C(=O)O)c3)[nH]c2c1. The predicted octanol–water partition coefficient (Wildman–Crippen LogP) is 2.64. The van der Waals surface area contributed by atoms with Gasteiger partial charge in [-0.05, 0) is 31.0 Å². The highest BCUT2D eigenvalue weighted by Crippen LogP contribution is 2.31. The van der Waals surface area contributed by atoms with Crippen molar-refractivity contribution in [2.75, 3.05) is 20.8 Å². The van der Waals surface area contributed by atoms with Gasteiger partial charge in [-0.1, -0.05) is 0 Å². The van der Waals surface area contributed by atoms with E-state index in [0.29, 0.717) is 12.3 Å². The first-order valence-corrected chi connectivity index (χ1v) is 8.73. The number of carboxylic acid groups (broad SMARTS) is 1. The molecule has 0 saturated heterocycles. The quantitative estimate of drug-likeness (QED) is 0.515. The van der Waals surface area contributed by atoms with E-state index in [2.05, 4.69) is 15.3 Å². The maximum atomic E-state index is 12.2. The summed E-state index contributed by atoms with van der Waals surface area (Å²) in [6, 6.07) is 8.51. The van der Waals surface area contributed by atoms with Gasteiger partial charge in [0.25, 0.3) is 5.91 Å². The van der Waals surface area contributed by atoms with Gasteiger partial charge in [0.15, 0.2) is 0 Å². The van der Waals surface area contributed by atoms with Gasteiger partial charge in [-0.3, -0.25) is 4.79 Å². The number of ether oxygens (including phenoxy) is 2. The molecule has 3 aromatic rings. The molecule has 0 fully saturated rings. The topological polar surface area (TPSA) is 114 Å². The second-order valence-electron chi connectivity index (χ2n) is 6.18. The van der Waals surface area contributed by atoms with Crippen LogP contribution in [0, 0.1) is 0 Å². The molecular formula is C20H21N3O5. The molecular weight excluding hydrogens is 362 g/mol. The molecule has 0 bridgehead atoms. The number of fused-ring (bicyclic) bond motifs is 1. The summed E-state index contributed by atoms with van der Waals surface area (Å²) in [7, 11) is 3.22. The number of hydrogen-bond acceptors (Lipinski definition) is 5. The van der Waals surface area contributed by atoms with E-state index in [1.54, 1.807) is 14.2 Å². The van der Waals surface area contributed by atoms with Crippen molar-refractivity contribution in [3.8, 4) is 11.5 Å². The van der Waals surface area contributed by atoms with E-state index in [1.807, 2.05) is 18.2 Å². The molecule has 3 rings (SSSR count). The minimum atomic E-state index is -1.17. The van der Waals surface area contributed by atoms with E-state index in [1.165, 1.54) is 18.3 Å². The largest absolute Gasteiger partial charge is 0.497 e. The number of aryl methyl sites for hydroxylation is 1. The van der Waals surface area contributed by atoms with Crippen molar-refractivity contribution in [3.05, 3.63) is 53.5 Å². The molecule has 0 saturated carbocycles. The Morgan fingerprint density at radius 2 is 2.00 bits per heavy atom. The Kier molecular flexibility index (Phi) is 5.78. The van der Waals surface area contributed by atoms with Crippen molar-refractivity contribution >= 4 is 22.8 Å². The zero-order chi connectivity index (χ0) is 20.1. The lowest BCUT2D eigenvalue weighted by Crippen LogP contribution is -2.25. The summed E-state index contributed by atoms with van der Waals surface area (Å²) in [5, 5.41) is 12.7. The Morgan fingerprint density at radius 1 is 1.18 bits per heavy atom. The Labute approximate surface area is 161 Å². The number of aromatic amines is 1. The molecule has 0 aliphatic rings. The number of methoxy groups -OCH3 is 2. The Hall–Kier alpha value is -3.55. The molecule has 8 heteroatoms. The first-order chi connectivity index (χ1) is 13.5. The lowest BCUT2D eigenvalue weighted by atomic mass is 10.2. The molecule has 2 heterocycles. The molecule has 1 aromatic carbocycles. The Morgan fingerprint density at radius 3 is 2.71 bits per heavy atom. The number of nitrogens with zero attached hydrogens (tertiary/aromatic N) is 1. The third-order valence-electron chi connectivity index (χ3n) is 4.33. The first kappa shape index (κ1) is 19.2. The number of carbonyl (C=O) groups excluding carboxylic acids is 1. The van der Waals surface area contributed by atoms with Gasteiger partial charge in [-0.25, -0.2) is 9.78 Å². The van der Waals surface area contributed by atoms with Crippen LogP contribution < -0.4 is 14.8 Å². The van der Waals surface area contributed by atoms with Gasteiger partial charge in [0, 0.05) is 41.5 Å². The molecule has 1 amide bonds. The summed E-state index contributed by atoms with van der Waals surface area (Å²) in [6.45, 7) is 0.458. The zero-order valence-corrected chi connectivity index (χ0v) is 15.6. The number of aromatic carboxylic acids is 1. The number of hydrogen-bond donors (Lipinski definition) is 3. The molecule has 0 spiro atoms. The number of amides is 1. The highest BCUT2D eigenvalue weighted by molar-refractivity contribution is 5.96. The van der Waals surface area contributed by atoms with E-state index in [0.717, 1.165) is 35.2 Å². The van der Waals surface area contributed by atoms with Crippen molar-refractivity contribution in [2.24, 2.45) is 0 Å². The van der Waals surface area contributed by atoms with Crippen molar-refractivity contribution in [2.45, 2.75) is 12.8 Å². The van der Waals surface area contributed by atoms with Crippen LogP contribution in [0.3, 0.4) is 0 Å². The molecule has 0 aliphatic heterocycles. The van der Waals surface area contributed by atoms with E-state index in [9.17, 15) is 9.59 Å². The van der Waals surface area contributed by atoms with E-state index >= 15 is 0 Å². The fourth-order valence-electron chi connectivity index (χ4n) is 2.93.